The summed E-state index contributed by atoms with van der Waals surface area (Å²) in [7, 11) is 6.31. The van der Waals surface area contributed by atoms with Crippen LogP contribution in [0, 0.1) is 5.92 Å². The molecule has 1 aromatic rings. The summed E-state index contributed by atoms with van der Waals surface area (Å²) >= 11 is 0. The molecule has 1 aromatic carbocycles. The molecule has 0 aromatic heterocycles. The Bertz CT molecular complexity index is 1180. The Morgan fingerprint density at radius 3 is 1.92 bits per heavy atom. The van der Waals surface area contributed by atoms with Crippen molar-refractivity contribution in [2.45, 2.75) is 143 Å². The smallest absolute Gasteiger partial charge is 0.331 e. The number of hydrogen-bond donors (Lipinski definition) is 1. The first-order chi connectivity index (χ1) is 23.9. The van der Waals surface area contributed by atoms with Gasteiger partial charge in [0.25, 0.3) is 0 Å². The van der Waals surface area contributed by atoms with E-state index < -0.39 is 7.60 Å². The minimum absolute atomic E-state index is 0.109. The Kier molecular flexibility index (Phi) is 19.4. The zero-order valence-corrected chi connectivity index (χ0v) is 36.1. The van der Waals surface area contributed by atoms with Crippen LogP contribution >= 0.6 is 7.60 Å². The van der Waals surface area contributed by atoms with Crippen LogP contribution in [0.4, 0.5) is 0 Å². The number of carbonyl (C=O) groups excluding carboxylic acids is 1. The molecule has 1 amide bonds. The van der Waals surface area contributed by atoms with Crippen LogP contribution in [-0.2, 0) is 31.4 Å². The number of hydrogen-bond acceptors (Lipinski definition) is 5. The summed E-state index contributed by atoms with van der Waals surface area (Å²) in [6.07, 6.45) is 16.1. The van der Waals surface area contributed by atoms with Crippen molar-refractivity contribution in [3.63, 3.8) is 0 Å². The molecule has 1 N–H and O–H groups in total. The predicted octanol–water partition coefficient (Wildman–Crippen LogP) is 9.06. The lowest BCUT2D eigenvalue weighted by Gasteiger charge is -2.41. The van der Waals surface area contributed by atoms with Crippen LogP contribution in [0.5, 0.6) is 0 Å². The van der Waals surface area contributed by atoms with E-state index in [9.17, 15) is 9.36 Å². The number of likely N-dealkylation sites (N-methyl/N-ethyl adjacent to an activating group) is 1. The standard InChI is InChI=1S/C42H81N4O4P/c1-12-15-16-17-18-19-20-21-22-23-30-45(8,9)36-39-26-24-38(25-27-39)33-41(5,6)44(37(4)47)35-40-34-42(40,7)46(10,11)31-28-43-29-32-51(48,49-13-2)50-14-3/h24-27,40,43H,12-23,28-36H2,1-11H3/q+2/t40-,42?/m1/s1. The molecule has 1 aliphatic carbocycles. The van der Waals surface area contributed by atoms with Crippen molar-refractivity contribution >= 4 is 13.5 Å². The molecule has 1 unspecified atom stereocenters. The number of amides is 1. The summed E-state index contributed by atoms with van der Waals surface area (Å²) < 4.78 is 25.5. The molecule has 51 heavy (non-hydrogen) atoms. The van der Waals surface area contributed by atoms with Crippen molar-refractivity contribution in [2.24, 2.45) is 5.92 Å². The lowest BCUT2D eigenvalue weighted by molar-refractivity contribution is -0.924. The van der Waals surface area contributed by atoms with Gasteiger partial charge in [-0.2, -0.15) is 0 Å². The van der Waals surface area contributed by atoms with Gasteiger partial charge in [0.2, 0.25) is 5.91 Å². The van der Waals surface area contributed by atoms with Gasteiger partial charge in [-0.1, -0.05) is 82.6 Å². The maximum absolute atomic E-state index is 13.1. The molecule has 0 saturated heterocycles. The van der Waals surface area contributed by atoms with Gasteiger partial charge in [0.1, 0.15) is 12.1 Å². The zero-order chi connectivity index (χ0) is 38.2. The number of benzene rings is 1. The number of nitrogens with one attached hydrogen (secondary N) is 1. The number of quaternary nitrogens is 2. The van der Waals surface area contributed by atoms with E-state index in [4.69, 9.17) is 9.05 Å². The Balaban J connectivity index is 1.83. The van der Waals surface area contributed by atoms with Gasteiger partial charge in [-0.3, -0.25) is 9.36 Å². The van der Waals surface area contributed by atoms with Gasteiger partial charge in [-0.05, 0) is 59.4 Å². The minimum atomic E-state index is -3.03. The number of rotatable bonds is 29. The highest BCUT2D eigenvalue weighted by Crippen LogP contribution is 2.52. The third-order valence-corrected chi connectivity index (χ3v) is 13.8. The van der Waals surface area contributed by atoms with Gasteiger partial charge in [0.15, 0.2) is 0 Å². The highest BCUT2D eigenvalue weighted by molar-refractivity contribution is 7.53. The minimum Gasteiger partial charge on any atom is -0.337 e. The second-order valence-electron chi connectivity index (χ2n) is 17.5. The van der Waals surface area contributed by atoms with Gasteiger partial charge in [-0.15, -0.1) is 0 Å². The largest absolute Gasteiger partial charge is 0.337 e. The molecular formula is C42H81N4O4P+2. The SMILES string of the molecule is CCCCCCCCCCCC[N+](C)(C)Cc1ccc(CC(C)(C)N(C[C@H]2CC2(C)[N+](C)(C)CCNCCP(=O)(OCC)OCC)C(C)=O)cc1. The van der Waals surface area contributed by atoms with Crippen molar-refractivity contribution in [2.75, 3.05) is 80.3 Å². The molecule has 0 spiro atoms. The molecule has 9 heteroatoms. The Labute approximate surface area is 315 Å². The second kappa shape index (κ2) is 21.6. The van der Waals surface area contributed by atoms with Crippen LogP contribution in [-0.4, -0.2) is 111 Å². The second-order valence-corrected chi connectivity index (χ2v) is 19.7. The van der Waals surface area contributed by atoms with Gasteiger partial charge in [-0.25, -0.2) is 0 Å². The van der Waals surface area contributed by atoms with E-state index in [1.54, 1.807) is 6.92 Å². The number of carbonyl (C=O) groups is 1. The molecule has 0 heterocycles. The molecule has 0 bridgehead atoms. The normalized spacial score (nSPS) is 18.3. The van der Waals surface area contributed by atoms with Crippen molar-refractivity contribution in [1.29, 1.82) is 0 Å². The summed E-state index contributed by atoms with van der Waals surface area (Å²) in [6, 6.07) is 9.18. The van der Waals surface area contributed by atoms with E-state index in [0.717, 1.165) is 48.0 Å². The lowest BCUT2D eigenvalue weighted by Crippen LogP contribution is -2.55. The van der Waals surface area contributed by atoms with E-state index in [-0.39, 0.29) is 17.0 Å². The van der Waals surface area contributed by atoms with E-state index in [2.05, 4.69) is 90.4 Å². The topological polar surface area (TPSA) is 67.9 Å². The number of nitrogens with zero attached hydrogens (tertiary/aromatic N) is 3. The van der Waals surface area contributed by atoms with E-state index in [1.165, 1.54) is 81.9 Å². The van der Waals surface area contributed by atoms with Crippen molar-refractivity contribution < 1.29 is 27.4 Å². The van der Waals surface area contributed by atoms with Gasteiger partial charge in [0, 0.05) is 50.0 Å². The monoisotopic (exact) mass is 737 g/mol. The van der Waals surface area contributed by atoms with E-state index >= 15 is 0 Å². The van der Waals surface area contributed by atoms with Crippen molar-refractivity contribution in [3.05, 3.63) is 35.4 Å². The fourth-order valence-corrected chi connectivity index (χ4v) is 9.49. The van der Waals surface area contributed by atoms with Gasteiger partial charge >= 0.3 is 7.60 Å². The summed E-state index contributed by atoms with van der Waals surface area (Å²) in [5.41, 5.74) is 2.50. The van der Waals surface area contributed by atoms with Gasteiger partial charge in [0.05, 0.1) is 60.7 Å². The van der Waals surface area contributed by atoms with Crippen LogP contribution in [0.15, 0.2) is 24.3 Å². The molecule has 0 aliphatic heterocycles. The van der Waals surface area contributed by atoms with Crippen LogP contribution in [0.25, 0.3) is 0 Å². The molecule has 1 fully saturated rings. The Morgan fingerprint density at radius 2 is 1.39 bits per heavy atom. The van der Waals surface area contributed by atoms with Crippen LogP contribution in [0.2, 0.25) is 0 Å². The molecule has 2 atom stereocenters. The number of unbranched alkanes of at least 4 members (excludes halogenated alkanes) is 9. The molecule has 8 nitrogen and oxygen atoms in total. The Hall–Kier alpha value is -1.28. The fourth-order valence-electron chi connectivity index (χ4n) is 7.94. The summed E-state index contributed by atoms with van der Waals surface area (Å²) in [6.45, 7) is 20.7. The third-order valence-electron chi connectivity index (χ3n) is 11.7. The highest BCUT2D eigenvalue weighted by Gasteiger charge is 2.62. The van der Waals surface area contributed by atoms with Crippen LogP contribution < -0.4 is 5.32 Å². The molecule has 1 saturated carbocycles. The average molecular weight is 737 g/mol. The molecule has 2 rings (SSSR count). The molecule has 1 aliphatic rings. The van der Waals surface area contributed by atoms with Crippen LogP contribution in [0.1, 0.15) is 130 Å². The summed E-state index contributed by atoms with van der Waals surface area (Å²) in [5, 5.41) is 3.47. The highest BCUT2D eigenvalue weighted by atomic mass is 31.2. The summed E-state index contributed by atoms with van der Waals surface area (Å²) in [4.78, 5) is 15.2. The Morgan fingerprint density at radius 1 is 0.863 bits per heavy atom. The van der Waals surface area contributed by atoms with E-state index in [1.807, 2.05) is 13.8 Å². The quantitative estimate of drug-likeness (QED) is 0.0505. The zero-order valence-electron chi connectivity index (χ0n) is 35.2. The molecular weight excluding hydrogens is 655 g/mol. The average Bonchev–Trinajstić information content (AvgIpc) is 3.72. The third kappa shape index (κ3) is 15.9. The maximum Gasteiger partial charge on any atom is 0.331 e. The fraction of sp³-hybridized carbons (Fsp3) is 0.833. The molecule has 296 valence electrons. The van der Waals surface area contributed by atoms with Gasteiger partial charge < -0.3 is 28.2 Å². The maximum atomic E-state index is 13.1. The van der Waals surface area contributed by atoms with Crippen molar-refractivity contribution in [3.8, 4) is 0 Å². The lowest BCUT2D eigenvalue weighted by atomic mass is 9.91. The predicted molar refractivity (Wildman–Crippen MR) is 216 cm³/mol. The first-order valence-corrected chi connectivity index (χ1v) is 22.3. The first kappa shape index (κ1) is 45.9. The van der Waals surface area contributed by atoms with Crippen LogP contribution in [0.3, 0.4) is 0 Å². The molecule has 0 radical (unpaired) electrons. The summed E-state index contributed by atoms with van der Waals surface area (Å²) in [5.74, 6) is 0.599. The first-order valence-electron chi connectivity index (χ1n) is 20.5. The van der Waals surface area contributed by atoms with Crippen molar-refractivity contribution in [1.82, 2.24) is 10.2 Å². The van der Waals surface area contributed by atoms with E-state index in [0.29, 0.717) is 31.8 Å².